The zero-order valence-electron chi connectivity index (χ0n) is 11.4. The third-order valence-electron chi connectivity index (χ3n) is 2.69. The number of pyridine rings is 1. The van der Waals surface area contributed by atoms with Crippen LogP contribution >= 0.6 is 0 Å². The molecule has 7 nitrogen and oxygen atoms in total. The fourth-order valence-electron chi connectivity index (χ4n) is 1.75. The Labute approximate surface area is 118 Å². The molecule has 0 saturated carbocycles. The summed E-state index contributed by atoms with van der Waals surface area (Å²) in [6.07, 6.45) is 5.03. The van der Waals surface area contributed by atoms with E-state index in [9.17, 15) is 8.42 Å². The highest BCUT2D eigenvalue weighted by Gasteiger charge is 2.18. The third kappa shape index (κ3) is 3.34. The summed E-state index contributed by atoms with van der Waals surface area (Å²) in [6, 6.07) is 3.34. The fraction of sp³-hybridized carbons (Fsp3) is 0.333. The number of anilines is 1. The van der Waals surface area contributed by atoms with E-state index in [0.717, 1.165) is 5.56 Å². The lowest BCUT2D eigenvalue weighted by molar-refractivity contribution is 0.558. The van der Waals surface area contributed by atoms with E-state index >= 15 is 0 Å². The van der Waals surface area contributed by atoms with Crippen LogP contribution in [0.1, 0.15) is 5.56 Å². The number of nitrogens with zero attached hydrogens (tertiary/aromatic N) is 3. The molecule has 0 fully saturated rings. The molecule has 0 unspecified atom stereocenters. The highest BCUT2D eigenvalue weighted by atomic mass is 32.2. The van der Waals surface area contributed by atoms with Crippen molar-refractivity contribution in [2.75, 3.05) is 18.9 Å². The number of hydrogen-bond donors (Lipinski definition) is 2. The molecule has 2 heterocycles. The van der Waals surface area contributed by atoms with E-state index in [2.05, 4.69) is 20.1 Å². The minimum absolute atomic E-state index is 0.000791. The summed E-state index contributed by atoms with van der Waals surface area (Å²) in [5.74, 6) is 0. The molecule has 0 aromatic carbocycles. The largest absolute Gasteiger partial charge is 0.386 e. The summed E-state index contributed by atoms with van der Waals surface area (Å²) < 4.78 is 28.5. The van der Waals surface area contributed by atoms with Gasteiger partial charge in [0.2, 0.25) is 0 Å². The summed E-state index contributed by atoms with van der Waals surface area (Å²) in [7, 11) is -1.98. The highest BCUT2D eigenvalue weighted by molar-refractivity contribution is 7.89. The van der Waals surface area contributed by atoms with E-state index < -0.39 is 10.0 Å². The standard InChI is InChI=1S/C12H17N5O2S/c1-10-8-15-17(9-10)7-6-16-20(18,19)12-11(13-2)4-3-5-14-12/h3-5,8-9,13,16H,6-7H2,1-2H3. The number of sulfonamides is 1. The molecular weight excluding hydrogens is 278 g/mol. The Morgan fingerprint density at radius 3 is 2.85 bits per heavy atom. The highest BCUT2D eigenvalue weighted by Crippen LogP contribution is 2.16. The molecule has 0 spiro atoms. The molecule has 0 aliphatic heterocycles. The van der Waals surface area contributed by atoms with Crippen LogP contribution in [0.3, 0.4) is 0 Å². The quantitative estimate of drug-likeness (QED) is 0.815. The van der Waals surface area contributed by atoms with Gasteiger partial charge in [-0.2, -0.15) is 5.10 Å². The molecule has 2 aromatic rings. The molecule has 0 bridgehead atoms. The van der Waals surface area contributed by atoms with E-state index in [1.165, 1.54) is 6.20 Å². The second-order valence-electron chi connectivity index (χ2n) is 4.28. The third-order valence-corrected chi connectivity index (χ3v) is 4.11. The topological polar surface area (TPSA) is 88.9 Å². The second-order valence-corrected chi connectivity index (χ2v) is 5.97. The van der Waals surface area contributed by atoms with Gasteiger partial charge in [-0.3, -0.25) is 4.68 Å². The number of aromatic nitrogens is 3. The van der Waals surface area contributed by atoms with Crippen molar-refractivity contribution in [3.05, 3.63) is 36.3 Å². The number of hydrogen-bond acceptors (Lipinski definition) is 5. The second kappa shape index (κ2) is 6.02. The normalized spacial score (nSPS) is 11.5. The monoisotopic (exact) mass is 295 g/mol. The van der Waals surface area contributed by atoms with Crippen LogP contribution in [0.2, 0.25) is 0 Å². The van der Waals surface area contributed by atoms with Gasteiger partial charge >= 0.3 is 0 Å². The SMILES string of the molecule is CNc1cccnc1S(=O)(=O)NCCn1cc(C)cn1. The predicted molar refractivity (Wildman–Crippen MR) is 75.9 cm³/mol. The molecule has 0 aliphatic rings. The number of aryl methyl sites for hydroxylation is 1. The van der Waals surface area contributed by atoms with E-state index in [4.69, 9.17) is 0 Å². The van der Waals surface area contributed by atoms with Gasteiger partial charge in [0.25, 0.3) is 10.0 Å². The average Bonchev–Trinajstić information content (AvgIpc) is 2.84. The minimum atomic E-state index is -3.63. The first kappa shape index (κ1) is 14.5. The van der Waals surface area contributed by atoms with Gasteiger partial charge in [-0.05, 0) is 24.6 Å². The zero-order valence-corrected chi connectivity index (χ0v) is 12.2. The van der Waals surface area contributed by atoms with Gasteiger partial charge in [-0.15, -0.1) is 0 Å². The lowest BCUT2D eigenvalue weighted by Gasteiger charge is -2.09. The maximum Gasteiger partial charge on any atom is 0.260 e. The van der Waals surface area contributed by atoms with Crippen LogP contribution < -0.4 is 10.0 Å². The van der Waals surface area contributed by atoms with Crippen molar-refractivity contribution < 1.29 is 8.42 Å². The molecule has 0 aliphatic carbocycles. The van der Waals surface area contributed by atoms with Gasteiger partial charge in [0.15, 0.2) is 5.03 Å². The van der Waals surface area contributed by atoms with Gasteiger partial charge in [0.1, 0.15) is 0 Å². The average molecular weight is 295 g/mol. The summed E-state index contributed by atoms with van der Waals surface area (Å²) in [5, 5.41) is 6.91. The van der Waals surface area contributed by atoms with E-state index in [1.54, 1.807) is 30.1 Å². The van der Waals surface area contributed by atoms with Crippen LogP contribution in [0, 0.1) is 6.92 Å². The molecule has 8 heteroatoms. The van der Waals surface area contributed by atoms with E-state index in [0.29, 0.717) is 12.2 Å². The first-order chi connectivity index (χ1) is 9.53. The smallest absolute Gasteiger partial charge is 0.260 e. The van der Waals surface area contributed by atoms with Crippen molar-refractivity contribution >= 4 is 15.7 Å². The van der Waals surface area contributed by atoms with Crippen molar-refractivity contribution in [1.82, 2.24) is 19.5 Å². The molecule has 0 atom stereocenters. The summed E-state index contributed by atoms with van der Waals surface area (Å²) in [5.41, 5.74) is 1.50. The van der Waals surface area contributed by atoms with Gasteiger partial charge in [0, 0.05) is 26.0 Å². The van der Waals surface area contributed by atoms with Crippen LogP contribution in [0.5, 0.6) is 0 Å². The molecule has 0 saturated heterocycles. The summed E-state index contributed by atoms with van der Waals surface area (Å²) in [6.45, 7) is 2.65. The Kier molecular flexibility index (Phi) is 4.35. The zero-order chi connectivity index (χ0) is 14.6. The first-order valence-electron chi connectivity index (χ1n) is 6.14. The van der Waals surface area contributed by atoms with E-state index in [-0.39, 0.29) is 11.6 Å². The Morgan fingerprint density at radius 2 is 2.20 bits per heavy atom. The Bertz CT molecular complexity index is 681. The number of rotatable bonds is 6. The van der Waals surface area contributed by atoms with Crippen LogP contribution in [-0.4, -0.2) is 36.8 Å². The van der Waals surface area contributed by atoms with Gasteiger partial charge in [-0.1, -0.05) is 0 Å². The van der Waals surface area contributed by atoms with Crippen molar-refractivity contribution in [3.63, 3.8) is 0 Å². The summed E-state index contributed by atoms with van der Waals surface area (Å²) in [4.78, 5) is 3.92. The van der Waals surface area contributed by atoms with Crippen LogP contribution in [0.15, 0.2) is 35.7 Å². The number of nitrogens with one attached hydrogen (secondary N) is 2. The van der Waals surface area contributed by atoms with Crippen molar-refractivity contribution in [2.45, 2.75) is 18.5 Å². The summed E-state index contributed by atoms with van der Waals surface area (Å²) >= 11 is 0. The van der Waals surface area contributed by atoms with Crippen molar-refractivity contribution in [3.8, 4) is 0 Å². The molecule has 20 heavy (non-hydrogen) atoms. The predicted octanol–water partition coefficient (Wildman–Crippen LogP) is 0.607. The van der Waals surface area contributed by atoms with Gasteiger partial charge < -0.3 is 5.32 Å². The Balaban J connectivity index is 2.04. The maximum absolute atomic E-state index is 12.2. The molecular formula is C12H17N5O2S. The van der Waals surface area contributed by atoms with Crippen LogP contribution in [0.25, 0.3) is 0 Å². The van der Waals surface area contributed by atoms with E-state index in [1.807, 2.05) is 13.1 Å². The minimum Gasteiger partial charge on any atom is -0.386 e. The molecule has 108 valence electrons. The first-order valence-corrected chi connectivity index (χ1v) is 7.63. The van der Waals surface area contributed by atoms with Gasteiger partial charge in [0.05, 0.1) is 18.4 Å². The fourth-order valence-corrected chi connectivity index (χ4v) is 2.90. The van der Waals surface area contributed by atoms with Crippen LogP contribution in [-0.2, 0) is 16.6 Å². The Hall–Kier alpha value is -1.93. The Morgan fingerprint density at radius 1 is 1.40 bits per heavy atom. The molecule has 2 N–H and O–H groups in total. The lowest BCUT2D eigenvalue weighted by Crippen LogP contribution is -2.28. The van der Waals surface area contributed by atoms with Crippen LogP contribution in [0.4, 0.5) is 5.69 Å². The molecule has 0 radical (unpaired) electrons. The van der Waals surface area contributed by atoms with Crippen molar-refractivity contribution in [2.24, 2.45) is 0 Å². The van der Waals surface area contributed by atoms with Crippen molar-refractivity contribution in [1.29, 1.82) is 0 Å². The molecule has 2 aromatic heterocycles. The van der Waals surface area contributed by atoms with Gasteiger partial charge in [-0.25, -0.2) is 18.1 Å². The molecule has 0 amide bonds. The lowest BCUT2D eigenvalue weighted by atomic mass is 10.4. The maximum atomic E-state index is 12.2. The molecule has 2 rings (SSSR count).